The van der Waals surface area contributed by atoms with Crippen molar-refractivity contribution in [3.8, 4) is 28.4 Å². The summed E-state index contributed by atoms with van der Waals surface area (Å²) >= 11 is 0. The van der Waals surface area contributed by atoms with Gasteiger partial charge in [-0.2, -0.15) is 0 Å². The third-order valence-corrected chi connectivity index (χ3v) is 4.85. The molecule has 0 aliphatic heterocycles. The summed E-state index contributed by atoms with van der Waals surface area (Å²) in [6, 6.07) is 7.65. The van der Waals surface area contributed by atoms with Gasteiger partial charge in [-0.1, -0.05) is 0 Å². The van der Waals surface area contributed by atoms with E-state index in [4.69, 9.17) is 14.7 Å². The highest BCUT2D eigenvalue weighted by Crippen LogP contribution is 2.30. The van der Waals surface area contributed by atoms with Crippen LogP contribution >= 0.6 is 0 Å². The minimum Gasteiger partial charge on any atom is -0.481 e. The number of pyridine rings is 3. The highest BCUT2D eigenvalue weighted by Gasteiger charge is 2.13. The van der Waals surface area contributed by atoms with Crippen LogP contribution in [0, 0.1) is 0 Å². The monoisotopic (exact) mass is 422 g/mol. The van der Waals surface area contributed by atoms with E-state index in [2.05, 4.69) is 30.2 Å². The van der Waals surface area contributed by atoms with E-state index < -0.39 is 0 Å². The molecule has 5 heterocycles. The Hall–Kier alpha value is -4.53. The van der Waals surface area contributed by atoms with Crippen LogP contribution in [0.25, 0.3) is 33.4 Å². The number of rotatable bonds is 6. The van der Waals surface area contributed by atoms with Crippen molar-refractivity contribution in [2.75, 3.05) is 12.4 Å². The van der Waals surface area contributed by atoms with E-state index in [9.17, 15) is 0 Å². The first-order valence-electron chi connectivity index (χ1n) is 9.86. The Balaban J connectivity index is 1.56. The number of aromatic nitrogens is 7. The second kappa shape index (κ2) is 8.68. The first-order valence-corrected chi connectivity index (χ1v) is 9.86. The van der Waals surface area contributed by atoms with E-state index >= 15 is 0 Å². The molecule has 0 saturated carbocycles. The van der Waals surface area contributed by atoms with Crippen LogP contribution in [-0.4, -0.2) is 42.0 Å². The van der Waals surface area contributed by atoms with Gasteiger partial charge in [0, 0.05) is 71.4 Å². The van der Waals surface area contributed by atoms with Crippen LogP contribution in [-0.2, 0) is 6.54 Å². The molecule has 1 N–H and O–H groups in total. The van der Waals surface area contributed by atoms with Crippen molar-refractivity contribution in [1.82, 2.24) is 34.9 Å². The predicted octanol–water partition coefficient (Wildman–Crippen LogP) is 3.56. The van der Waals surface area contributed by atoms with Gasteiger partial charge in [-0.25, -0.2) is 24.9 Å². The summed E-state index contributed by atoms with van der Waals surface area (Å²) in [7, 11) is 1.60. The highest BCUT2D eigenvalue weighted by molar-refractivity contribution is 5.90. The Kier molecular flexibility index (Phi) is 5.27. The molecule has 0 atom stereocenters. The Labute approximate surface area is 183 Å². The Morgan fingerprint density at radius 3 is 2.62 bits per heavy atom. The van der Waals surface area contributed by atoms with Gasteiger partial charge in [0.05, 0.1) is 18.8 Å². The van der Waals surface area contributed by atoms with Crippen LogP contribution in [0.2, 0.25) is 0 Å². The smallest absolute Gasteiger partial charge is 0.221 e. The third-order valence-electron chi connectivity index (χ3n) is 4.85. The lowest BCUT2D eigenvalue weighted by molar-refractivity contribution is 0.399. The average Bonchev–Trinajstić information content (AvgIpc) is 2.87. The average molecular weight is 422 g/mol. The standard InChI is InChI=1S/C23H18N8O/c1-32-23-18(3-2-5-28-23)16-7-17(12-25-11-16)21-30-20-13-24-6-4-19(20)22(31-21)29-10-15-8-26-14-27-9-15/h2-9,11-14H,10H2,1H3,(H,29,30,31). The van der Waals surface area contributed by atoms with Crippen molar-refractivity contribution in [3.63, 3.8) is 0 Å². The number of methoxy groups -OCH3 is 1. The normalized spacial score (nSPS) is 10.8. The molecule has 0 aliphatic carbocycles. The van der Waals surface area contributed by atoms with Crippen molar-refractivity contribution in [1.29, 1.82) is 0 Å². The molecule has 0 amide bonds. The summed E-state index contributed by atoms with van der Waals surface area (Å²) in [5.74, 6) is 1.76. The van der Waals surface area contributed by atoms with Gasteiger partial charge >= 0.3 is 0 Å². The Bertz CT molecular complexity index is 1380. The molecular formula is C23H18N8O. The van der Waals surface area contributed by atoms with Crippen LogP contribution in [0.4, 0.5) is 5.82 Å². The maximum atomic E-state index is 5.40. The van der Waals surface area contributed by atoms with E-state index in [0.717, 1.165) is 33.2 Å². The zero-order chi connectivity index (χ0) is 21.8. The minimum atomic E-state index is 0.528. The van der Waals surface area contributed by atoms with Crippen molar-refractivity contribution in [2.24, 2.45) is 0 Å². The van der Waals surface area contributed by atoms with Gasteiger partial charge in [-0.05, 0) is 24.3 Å². The van der Waals surface area contributed by atoms with E-state index in [0.29, 0.717) is 24.1 Å². The lowest BCUT2D eigenvalue weighted by atomic mass is 10.1. The summed E-state index contributed by atoms with van der Waals surface area (Å²) in [6.45, 7) is 0.528. The number of hydrogen-bond acceptors (Lipinski definition) is 9. The first-order chi connectivity index (χ1) is 15.8. The molecule has 9 heteroatoms. The maximum absolute atomic E-state index is 5.40. The molecular weight excluding hydrogens is 404 g/mol. The van der Waals surface area contributed by atoms with Crippen molar-refractivity contribution >= 4 is 16.7 Å². The largest absolute Gasteiger partial charge is 0.481 e. The summed E-state index contributed by atoms with van der Waals surface area (Å²) in [5, 5.41) is 4.24. The first kappa shape index (κ1) is 19.4. The molecule has 0 unspecified atom stereocenters. The second-order valence-corrected chi connectivity index (χ2v) is 6.91. The number of fused-ring (bicyclic) bond motifs is 1. The van der Waals surface area contributed by atoms with Gasteiger partial charge < -0.3 is 10.1 Å². The Morgan fingerprint density at radius 1 is 0.875 bits per heavy atom. The zero-order valence-corrected chi connectivity index (χ0v) is 17.2. The van der Waals surface area contributed by atoms with E-state index in [1.165, 1.54) is 6.33 Å². The van der Waals surface area contributed by atoms with Gasteiger partial charge in [0.15, 0.2) is 5.82 Å². The molecule has 9 nitrogen and oxygen atoms in total. The molecule has 0 aliphatic rings. The van der Waals surface area contributed by atoms with Gasteiger partial charge in [0.2, 0.25) is 5.88 Å². The van der Waals surface area contributed by atoms with Crippen LogP contribution < -0.4 is 10.1 Å². The second-order valence-electron chi connectivity index (χ2n) is 6.91. The molecule has 0 saturated heterocycles. The number of ether oxygens (including phenoxy) is 1. The molecule has 0 aromatic carbocycles. The highest BCUT2D eigenvalue weighted by atomic mass is 16.5. The summed E-state index contributed by atoms with van der Waals surface area (Å²) in [5.41, 5.74) is 4.15. The summed E-state index contributed by atoms with van der Waals surface area (Å²) < 4.78 is 5.40. The molecule has 5 aromatic rings. The summed E-state index contributed by atoms with van der Waals surface area (Å²) in [4.78, 5) is 30.5. The van der Waals surface area contributed by atoms with E-state index in [-0.39, 0.29) is 0 Å². The molecule has 5 rings (SSSR count). The quantitative estimate of drug-likeness (QED) is 0.439. The fourth-order valence-corrected chi connectivity index (χ4v) is 3.33. The van der Waals surface area contributed by atoms with Gasteiger partial charge in [0.25, 0.3) is 0 Å². The van der Waals surface area contributed by atoms with Crippen LogP contribution in [0.5, 0.6) is 5.88 Å². The van der Waals surface area contributed by atoms with E-state index in [1.807, 2.05) is 24.3 Å². The number of nitrogens with zero attached hydrogens (tertiary/aromatic N) is 7. The molecule has 0 radical (unpaired) electrons. The molecule has 0 spiro atoms. The minimum absolute atomic E-state index is 0.528. The predicted molar refractivity (Wildman–Crippen MR) is 120 cm³/mol. The zero-order valence-electron chi connectivity index (χ0n) is 17.2. The van der Waals surface area contributed by atoms with Crippen molar-refractivity contribution in [2.45, 2.75) is 6.54 Å². The topological polar surface area (TPSA) is 111 Å². The lowest BCUT2D eigenvalue weighted by Gasteiger charge is -2.11. The SMILES string of the molecule is COc1ncccc1-c1cncc(-c2nc(NCc3cncnc3)c3ccncc3n2)c1. The van der Waals surface area contributed by atoms with Crippen LogP contribution in [0.15, 0.2) is 74.0 Å². The van der Waals surface area contributed by atoms with Gasteiger partial charge in [0.1, 0.15) is 12.1 Å². The van der Waals surface area contributed by atoms with E-state index in [1.54, 1.807) is 50.5 Å². The van der Waals surface area contributed by atoms with Gasteiger partial charge in [-0.3, -0.25) is 9.97 Å². The number of hydrogen-bond donors (Lipinski definition) is 1. The van der Waals surface area contributed by atoms with Crippen LogP contribution in [0.1, 0.15) is 5.56 Å². The lowest BCUT2D eigenvalue weighted by Crippen LogP contribution is -2.05. The molecule has 5 aromatic heterocycles. The number of nitrogens with one attached hydrogen (secondary N) is 1. The van der Waals surface area contributed by atoms with Crippen molar-refractivity contribution < 1.29 is 4.74 Å². The molecule has 0 fully saturated rings. The van der Waals surface area contributed by atoms with Gasteiger partial charge in [-0.15, -0.1) is 0 Å². The fraction of sp³-hybridized carbons (Fsp3) is 0.0870. The Morgan fingerprint density at radius 2 is 1.75 bits per heavy atom. The van der Waals surface area contributed by atoms with Crippen LogP contribution in [0.3, 0.4) is 0 Å². The van der Waals surface area contributed by atoms with Crippen molar-refractivity contribution in [3.05, 3.63) is 79.5 Å². The molecule has 0 bridgehead atoms. The maximum Gasteiger partial charge on any atom is 0.221 e. The third kappa shape index (κ3) is 3.91. The summed E-state index contributed by atoms with van der Waals surface area (Å²) in [6.07, 6.45) is 13.7. The molecule has 32 heavy (non-hydrogen) atoms. The molecule has 156 valence electrons. The number of anilines is 1. The fourth-order valence-electron chi connectivity index (χ4n) is 3.33.